The second-order valence-electron chi connectivity index (χ2n) is 2.63. The molecule has 1 aliphatic rings. The molecule has 0 saturated carbocycles. The van der Waals surface area contributed by atoms with Crippen molar-refractivity contribution in [2.75, 3.05) is 7.11 Å². The highest BCUT2D eigenvalue weighted by atomic mass is 16.5. The van der Waals surface area contributed by atoms with Gasteiger partial charge in [-0.3, -0.25) is 9.59 Å². The molecule has 1 aliphatic carbocycles. The number of carbonyl (C=O) groups excluding carboxylic acids is 3. The highest BCUT2D eigenvalue weighted by Gasteiger charge is 2.26. The molecule has 0 aromatic rings. The first kappa shape index (κ1) is 9.38. The number of esters is 1. The number of hydrogen-bond donors (Lipinski definition) is 0. The summed E-state index contributed by atoms with van der Waals surface area (Å²) in [6, 6.07) is 0. The van der Waals surface area contributed by atoms with E-state index in [0.717, 1.165) is 7.11 Å². The van der Waals surface area contributed by atoms with Crippen molar-refractivity contribution in [3.8, 4) is 0 Å². The third kappa shape index (κ3) is 1.72. The van der Waals surface area contributed by atoms with Crippen molar-refractivity contribution in [2.45, 2.75) is 6.92 Å². The zero-order valence-corrected chi connectivity index (χ0v) is 7.29. The van der Waals surface area contributed by atoms with E-state index in [2.05, 4.69) is 4.74 Å². The second-order valence-corrected chi connectivity index (χ2v) is 2.63. The maximum Gasteiger partial charge on any atom is 0.342 e. The fourth-order valence-corrected chi connectivity index (χ4v) is 1.00. The van der Waals surface area contributed by atoms with Gasteiger partial charge in [-0.1, -0.05) is 0 Å². The summed E-state index contributed by atoms with van der Waals surface area (Å²) in [5, 5.41) is 0. The lowest BCUT2D eigenvalue weighted by Crippen LogP contribution is -2.23. The molecule has 0 aliphatic heterocycles. The second kappa shape index (κ2) is 3.35. The van der Waals surface area contributed by atoms with Gasteiger partial charge in [-0.2, -0.15) is 0 Å². The van der Waals surface area contributed by atoms with Crippen LogP contribution in [-0.4, -0.2) is 24.6 Å². The molecule has 0 unspecified atom stereocenters. The lowest BCUT2D eigenvalue weighted by atomic mass is 9.98. The van der Waals surface area contributed by atoms with Crippen molar-refractivity contribution in [3.05, 3.63) is 23.3 Å². The molecule has 0 aromatic heterocycles. The van der Waals surface area contributed by atoms with Crippen molar-refractivity contribution in [2.24, 2.45) is 0 Å². The smallest absolute Gasteiger partial charge is 0.342 e. The number of Topliss-reactive ketones (excluding diaryl/α,β-unsaturated/α-hetero) is 1. The minimum absolute atomic E-state index is 0.201. The van der Waals surface area contributed by atoms with E-state index in [9.17, 15) is 14.4 Å². The summed E-state index contributed by atoms with van der Waals surface area (Å²) in [6.07, 6.45) is 2.53. The van der Waals surface area contributed by atoms with Gasteiger partial charge in [-0.25, -0.2) is 4.79 Å². The van der Waals surface area contributed by atoms with Crippen molar-refractivity contribution in [3.63, 3.8) is 0 Å². The summed E-state index contributed by atoms with van der Waals surface area (Å²) in [4.78, 5) is 33.0. The first-order valence-corrected chi connectivity index (χ1v) is 3.63. The number of methoxy groups -OCH3 is 1. The number of carbonyl (C=O) groups is 3. The van der Waals surface area contributed by atoms with Crippen LogP contribution in [0, 0.1) is 0 Å². The SMILES string of the molecule is COC(=O)C1=CC(C)=CC(=O)C1=O. The van der Waals surface area contributed by atoms with E-state index in [4.69, 9.17) is 0 Å². The maximum absolute atomic E-state index is 11.1. The molecule has 0 amide bonds. The number of hydrogen-bond acceptors (Lipinski definition) is 4. The average Bonchev–Trinajstić information content (AvgIpc) is 2.10. The Bertz CT molecular complexity index is 347. The lowest BCUT2D eigenvalue weighted by molar-refractivity contribution is -0.140. The number of allylic oxidation sites excluding steroid dienone is 3. The van der Waals surface area contributed by atoms with Crippen LogP contribution >= 0.6 is 0 Å². The van der Waals surface area contributed by atoms with E-state index in [1.54, 1.807) is 6.92 Å². The summed E-state index contributed by atoms with van der Waals surface area (Å²) in [5.74, 6) is -2.26. The Hall–Kier alpha value is -1.71. The topological polar surface area (TPSA) is 60.4 Å². The number of ketones is 2. The van der Waals surface area contributed by atoms with E-state index in [0.29, 0.717) is 5.57 Å². The Morgan fingerprint density at radius 3 is 2.46 bits per heavy atom. The van der Waals surface area contributed by atoms with Gasteiger partial charge < -0.3 is 4.74 Å². The van der Waals surface area contributed by atoms with Crippen LogP contribution in [0.4, 0.5) is 0 Å². The molecule has 0 fully saturated rings. The third-order valence-electron chi connectivity index (χ3n) is 1.60. The van der Waals surface area contributed by atoms with Gasteiger partial charge in [0.15, 0.2) is 0 Å². The molecule has 1 rings (SSSR count). The largest absolute Gasteiger partial charge is 0.465 e. The Morgan fingerprint density at radius 2 is 1.92 bits per heavy atom. The van der Waals surface area contributed by atoms with Crippen LogP contribution in [0.25, 0.3) is 0 Å². The Kier molecular flexibility index (Phi) is 2.41. The highest BCUT2D eigenvalue weighted by molar-refractivity contribution is 6.53. The van der Waals surface area contributed by atoms with Crippen LogP contribution in [-0.2, 0) is 19.1 Å². The van der Waals surface area contributed by atoms with Crippen LogP contribution in [0.2, 0.25) is 0 Å². The summed E-state index contributed by atoms with van der Waals surface area (Å²) in [5.41, 5.74) is 0.373. The molecule has 0 N–H and O–H groups in total. The van der Waals surface area contributed by atoms with E-state index in [1.807, 2.05) is 0 Å². The normalized spacial score (nSPS) is 16.5. The van der Waals surface area contributed by atoms with Crippen molar-refractivity contribution < 1.29 is 19.1 Å². The van der Waals surface area contributed by atoms with Crippen molar-refractivity contribution >= 4 is 17.5 Å². The van der Waals surface area contributed by atoms with Crippen molar-refractivity contribution in [1.82, 2.24) is 0 Å². The fourth-order valence-electron chi connectivity index (χ4n) is 1.00. The monoisotopic (exact) mass is 180 g/mol. The lowest BCUT2D eigenvalue weighted by Gasteiger charge is -2.06. The summed E-state index contributed by atoms with van der Waals surface area (Å²) < 4.78 is 4.35. The Balaban J connectivity index is 3.09. The average molecular weight is 180 g/mol. The van der Waals surface area contributed by atoms with E-state index < -0.39 is 17.5 Å². The summed E-state index contributed by atoms with van der Waals surface area (Å²) in [7, 11) is 1.16. The molecule has 0 heterocycles. The minimum Gasteiger partial charge on any atom is -0.465 e. The molecule has 4 heteroatoms. The molecule has 0 aromatic carbocycles. The van der Waals surface area contributed by atoms with Crippen molar-refractivity contribution in [1.29, 1.82) is 0 Å². The van der Waals surface area contributed by atoms with Gasteiger partial charge in [-0.15, -0.1) is 0 Å². The zero-order valence-electron chi connectivity index (χ0n) is 7.29. The van der Waals surface area contributed by atoms with Crippen LogP contribution in [0.15, 0.2) is 23.3 Å². The zero-order chi connectivity index (χ0) is 10.0. The van der Waals surface area contributed by atoms with Gasteiger partial charge in [0.1, 0.15) is 5.57 Å². The quantitative estimate of drug-likeness (QED) is 0.250. The Labute approximate surface area is 74.9 Å². The fraction of sp³-hybridized carbons (Fsp3) is 0.222. The van der Waals surface area contributed by atoms with E-state index in [1.165, 1.54) is 12.2 Å². The minimum atomic E-state index is -0.808. The maximum atomic E-state index is 11.1. The number of rotatable bonds is 1. The van der Waals surface area contributed by atoms with Crippen LogP contribution < -0.4 is 0 Å². The van der Waals surface area contributed by atoms with Gasteiger partial charge >= 0.3 is 5.97 Å². The predicted molar refractivity (Wildman–Crippen MR) is 43.9 cm³/mol. The molecule has 13 heavy (non-hydrogen) atoms. The summed E-state index contributed by atoms with van der Waals surface area (Å²) >= 11 is 0. The van der Waals surface area contributed by atoms with Gasteiger partial charge in [0.05, 0.1) is 7.11 Å². The van der Waals surface area contributed by atoms with Crippen LogP contribution in [0.1, 0.15) is 6.92 Å². The van der Waals surface area contributed by atoms with Gasteiger partial charge in [-0.05, 0) is 24.6 Å². The van der Waals surface area contributed by atoms with E-state index in [-0.39, 0.29) is 5.57 Å². The molecule has 4 nitrogen and oxygen atoms in total. The molecule has 0 atom stereocenters. The number of ether oxygens (including phenoxy) is 1. The van der Waals surface area contributed by atoms with E-state index >= 15 is 0 Å². The highest BCUT2D eigenvalue weighted by Crippen LogP contribution is 2.12. The van der Waals surface area contributed by atoms with Gasteiger partial charge in [0, 0.05) is 0 Å². The van der Waals surface area contributed by atoms with Gasteiger partial charge in [0.2, 0.25) is 11.6 Å². The molecule has 68 valence electrons. The first-order chi connectivity index (χ1) is 6.06. The van der Waals surface area contributed by atoms with Crippen LogP contribution in [0.3, 0.4) is 0 Å². The van der Waals surface area contributed by atoms with Gasteiger partial charge in [0.25, 0.3) is 0 Å². The standard InChI is InChI=1S/C9H8O4/c1-5-3-6(9(12)13-2)8(11)7(10)4-5/h3-4H,1-2H3. The molecule has 0 radical (unpaired) electrons. The summed E-state index contributed by atoms with van der Waals surface area (Å²) in [6.45, 7) is 1.63. The van der Waals surface area contributed by atoms with Crippen LogP contribution in [0.5, 0.6) is 0 Å². The first-order valence-electron chi connectivity index (χ1n) is 3.63. The molecule has 0 saturated heterocycles. The molecular weight excluding hydrogens is 172 g/mol. The molecule has 0 spiro atoms. The molecule has 0 bridgehead atoms. The predicted octanol–water partition coefficient (Wildman–Crippen LogP) is 0.184. The Morgan fingerprint density at radius 1 is 1.31 bits per heavy atom. The third-order valence-corrected chi connectivity index (χ3v) is 1.60. The molecular formula is C9H8O4.